The zero-order valence-electron chi connectivity index (χ0n) is 13.8. The van der Waals surface area contributed by atoms with Gasteiger partial charge in [0, 0.05) is 18.3 Å². The molecule has 1 amide bonds. The third-order valence-electron chi connectivity index (χ3n) is 4.26. The fourth-order valence-corrected chi connectivity index (χ4v) is 2.72. The van der Waals surface area contributed by atoms with E-state index in [4.69, 9.17) is 0 Å². The summed E-state index contributed by atoms with van der Waals surface area (Å²) < 4.78 is 2.01. The van der Waals surface area contributed by atoms with Crippen molar-refractivity contribution < 1.29 is 4.79 Å². The third kappa shape index (κ3) is 3.26. The van der Waals surface area contributed by atoms with Gasteiger partial charge in [-0.3, -0.25) is 4.79 Å². The summed E-state index contributed by atoms with van der Waals surface area (Å²) in [5, 5.41) is 2.97. The van der Waals surface area contributed by atoms with E-state index < -0.39 is 0 Å². The van der Waals surface area contributed by atoms with Crippen LogP contribution in [0.15, 0.2) is 42.6 Å². The maximum Gasteiger partial charge on any atom is 0.224 e. The summed E-state index contributed by atoms with van der Waals surface area (Å²) in [5.74, 6) is 0.0297. The Morgan fingerprint density at radius 1 is 1.13 bits per heavy atom. The van der Waals surface area contributed by atoms with Crippen molar-refractivity contribution in [2.45, 2.75) is 33.6 Å². The lowest BCUT2D eigenvalue weighted by Crippen LogP contribution is -2.13. The van der Waals surface area contributed by atoms with Gasteiger partial charge in [0.25, 0.3) is 0 Å². The Labute approximate surface area is 136 Å². The number of hydrogen-bond donors (Lipinski definition) is 1. The van der Waals surface area contributed by atoms with Crippen LogP contribution in [0, 0.1) is 20.8 Å². The molecule has 0 fully saturated rings. The minimum absolute atomic E-state index is 0.0297. The van der Waals surface area contributed by atoms with E-state index in [9.17, 15) is 4.79 Å². The van der Waals surface area contributed by atoms with E-state index in [0.717, 1.165) is 29.1 Å². The second-order valence-electron chi connectivity index (χ2n) is 5.90. The molecule has 3 aromatic rings. The van der Waals surface area contributed by atoms with Crippen molar-refractivity contribution in [1.29, 1.82) is 0 Å². The molecule has 1 N–H and O–H groups in total. The van der Waals surface area contributed by atoms with Crippen LogP contribution in [0.2, 0.25) is 0 Å². The summed E-state index contributed by atoms with van der Waals surface area (Å²) in [6.45, 7) is 6.09. The van der Waals surface area contributed by atoms with Crippen molar-refractivity contribution in [2.75, 3.05) is 5.32 Å². The zero-order chi connectivity index (χ0) is 16.4. The SMILES string of the molecule is Cc1ccccc1CCC(=O)Nc1ccc2nc(C)c(C)n2c1. The van der Waals surface area contributed by atoms with Crippen molar-refractivity contribution in [2.24, 2.45) is 0 Å². The third-order valence-corrected chi connectivity index (χ3v) is 4.26. The molecule has 2 aromatic heterocycles. The van der Waals surface area contributed by atoms with Crippen LogP contribution in [-0.4, -0.2) is 15.3 Å². The Morgan fingerprint density at radius 3 is 2.70 bits per heavy atom. The van der Waals surface area contributed by atoms with Crippen molar-refractivity contribution in [1.82, 2.24) is 9.38 Å². The molecule has 4 heteroatoms. The average Bonchev–Trinajstić information content (AvgIpc) is 2.81. The number of anilines is 1. The van der Waals surface area contributed by atoms with Crippen LogP contribution < -0.4 is 5.32 Å². The molecule has 0 saturated carbocycles. The zero-order valence-corrected chi connectivity index (χ0v) is 13.8. The first-order chi connectivity index (χ1) is 11.0. The maximum atomic E-state index is 12.2. The first-order valence-electron chi connectivity index (χ1n) is 7.84. The minimum Gasteiger partial charge on any atom is -0.325 e. The summed E-state index contributed by atoms with van der Waals surface area (Å²) in [7, 11) is 0. The Balaban J connectivity index is 1.68. The number of aryl methyl sites for hydroxylation is 4. The van der Waals surface area contributed by atoms with Gasteiger partial charge < -0.3 is 9.72 Å². The largest absolute Gasteiger partial charge is 0.325 e. The highest BCUT2D eigenvalue weighted by atomic mass is 16.1. The second kappa shape index (κ2) is 6.24. The molecule has 1 aromatic carbocycles. The Morgan fingerprint density at radius 2 is 1.91 bits per heavy atom. The number of imidazole rings is 1. The lowest BCUT2D eigenvalue weighted by molar-refractivity contribution is -0.116. The number of fused-ring (bicyclic) bond motifs is 1. The van der Waals surface area contributed by atoms with E-state index in [0.29, 0.717) is 6.42 Å². The molecule has 0 bridgehead atoms. The van der Waals surface area contributed by atoms with Crippen molar-refractivity contribution in [3.05, 3.63) is 65.1 Å². The van der Waals surface area contributed by atoms with Gasteiger partial charge >= 0.3 is 0 Å². The quantitative estimate of drug-likeness (QED) is 0.796. The molecular formula is C19H21N3O. The number of benzene rings is 1. The molecule has 3 rings (SSSR count). The van der Waals surface area contributed by atoms with Gasteiger partial charge in [-0.2, -0.15) is 0 Å². The van der Waals surface area contributed by atoms with Crippen LogP contribution in [0.25, 0.3) is 5.65 Å². The topological polar surface area (TPSA) is 46.4 Å². The predicted octanol–water partition coefficient (Wildman–Crippen LogP) is 3.83. The van der Waals surface area contributed by atoms with Gasteiger partial charge in [-0.05, 0) is 50.5 Å². The van der Waals surface area contributed by atoms with Crippen LogP contribution in [0.1, 0.15) is 28.9 Å². The van der Waals surface area contributed by atoms with E-state index in [1.54, 1.807) is 0 Å². The summed E-state index contributed by atoms with van der Waals surface area (Å²) in [6, 6.07) is 12.0. The molecule has 118 valence electrons. The molecule has 23 heavy (non-hydrogen) atoms. The molecular weight excluding hydrogens is 286 g/mol. The number of hydrogen-bond acceptors (Lipinski definition) is 2. The van der Waals surface area contributed by atoms with E-state index in [2.05, 4.69) is 29.4 Å². The monoisotopic (exact) mass is 307 g/mol. The highest BCUT2D eigenvalue weighted by molar-refractivity contribution is 5.90. The molecule has 2 heterocycles. The standard InChI is InChI=1S/C19H21N3O/c1-13-6-4-5-7-16(13)8-11-19(23)21-17-9-10-18-20-14(2)15(3)22(18)12-17/h4-7,9-10,12H,8,11H2,1-3H3,(H,21,23). The fourth-order valence-electron chi connectivity index (χ4n) is 2.72. The lowest BCUT2D eigenvalue weighted by atomic mass is 10.0. The summed E-state index contributed by atoms with van der Waals surface area (Å²) in [6.07, 6.45) is 3.16. The van der Waals surface area contributed by atoms with Gasteiger partial charge in [-0.1, -0.05) is 24.3 Å². The van der Waals surface area contributed by atoms with E-state index >= 15 is 0 Å². The van der Waals surface area contributed by atoms with Crippen LogP contribution in [0.4, 0.5) is 5.69 Å². The van der Waals surface area contributed by atoms with Crippen LogP contribution in [0.5, 0.6) is 0 Å². The normalized spacial score (nSPS) is 10.9. The summed E-state index contributed by atoms with van der Waals surface area (Å²) in [5.41, 5.74) is 6.25. The second-order valence-corrected chi connectivity index (χ2v) is 5.90. The molecule has 0 aliphatic rings. The van der Waals surface area contributed by atoms with Gasteiger partial charge in [0.1, 0.15) is 5.65 Å². The maximum absolute atomic E-state index is 12.2. The number of rotatable bonds is 4. The van der Waals surface area contributed by atoms with Crippen LogP contribution >= 0.6 is 0 Å². The van der Waals surface area contributed by atoms with Gasteiger partial charge in [-0.25, -0.2) is 4.98 Å². The van der Waals surface area contributed by atoms with Crippen molar-refractivity contribution >= 4 is 17.2 Å². The summed E-state index contributed by atoms with van der Waals surface area (Å²) in [4.78, 5) is 16.7. The number of nitrogens with zero attached hydrogens (tertiary/aromatic N) is 2. The first-order valence-corrected chi connectivity index (χ1v) is 7.84. The van der Waals surface area contributed by atoms with Crippen molar-refractivity contribution in [3.8, 4) is 0 Å². The Bertz CT molecular complexity index is 864. The number of carbonyl (C=O) groups is 1. The Kier molecular flexibility index (Phi) is 4.15. The minimum atomic E-state index is 0.0297. The average molecular weight is 307 g/mol. The molecule has 0 aliphatic heterocycles. The molecule has 0 spiro atoms. The van der Waals surface area contributed by atoms with Gasteiger partial charge in [0.15, 0.2) is 0 Å². The first kappa shape index (κ1) is 15.3. The van der Waals surface area contributed by atoms with Gasteiger partial charge in [0.05, 0.1) is 11.4 Å². The lowest BCUT2D eigenvalue weighted by Gasteiger charge is -2.08. The fraction of sp³-hybridized carbons (Fsp3) is 0.263. The highest BCUT2D eigenvalue weighted by Crippen LogP contribution is 2.16. The molecule has 4 nitrogen and oxygen atoms in total. The Hall–Kier alpha value is -2.62. The number of carbonyl (C=O) groups excluding carboxylic acids is 1. The number of pyridine rings is 1. The number of amides is 1. The van der Waals surface area contributed by atoms with Gasteiger partial charge in [0.2, 0.25) is 5.91 Å². The van der Waals surface area contributed by atoms with Crippen LogP contribution in [0.3, 0.4) is 0 Å². The highest BCUT2D eigenvalue weighted by Gasteiger charge is 2.08. The molecule has 0 aliphatic carbocycles. The molecule has 0 saturated heterocycles. The van der Waals surface area contributed by atoms with E-state index in [-0.39, 0.29) is 5.91 Å². The molecule has 0 radical (unpaired) electrons. The van der Waals surface area contributed by atoms with E-state index in [1.807, 2.05) is 48.7 Å². The van der Waals surface area contributed by atoms with E-state index in [1.165, 1.54) is 11.1 Å². The number of aromatic nitrogens is 2. The molecule has 0 atom stereocenters. The summed E-state index contributed by atoms with van der Waals surface area (Å²) >= 11 is 0. The smallest absolute Gasteiger partial charge is 0.224 e. The predicted molar refractivity (Wildman–Crippen MR) is 92.8 cm³/mol. The molecule has 0 unspecified atom stereocenters. The van der Waals surface area contributed by atoms with Gasteiger partial charge in [-0.15, -0.1) is 0 Å². The number of nitrogens with one attached hydrogen (secondary N) is 1. The van der Waals surface area contributed by atoms with Crippen LogP contribution in [-0.2, 0) is 11.2 Å². The van der Waals surface area contributed by atoms with Crippen molar-refractivity contribution in [3.63, 3.8) is 0 Å².